The van der Waals surface area contributed by atoms with Crippen LogP contribution in [0.25, 0.3) is 16.5 Å². The second-order valence-electron chi connectivity index (χ2n) is 9.70. The Morgan fingerprint density at radius 1 is 1.03 bits per heavy atom. The van der Waals surface area contributed by atoms with Crippen molar-refractivity contribution in [2.24, 2.45) is 0 Å². The summed E-state index contributed by atoms with van der Waals surface area (Å²) in [7, 11) is 3.39. The lowest BCUT2D eigenvalue weighted by Crippen LogP contribution is -2.54. The minimum absolute atomic E-state index is 0.000146. The lowest BCUT2D eigenvalue weighted by Gasteiger charge is -2.39. The van der Waals surface area contributed by atoms with Crippen LogP contribution in [-0.2, 0) is 22.6 Å². The molecule has 1 atom stereocenters. The summed E-state index contributed by atoms with van der Waals surface area (Å²) >= 11 is 0. The molecule has 186 valence electrons. The van der Waals surface area contributed by atoms with Gasteiger partial charge in [-0.25, -0.2) is 0 Å². The fraction of sp³-hybridized carbons (Fsp3) is 0.345. The molecule has 1 aromatic heterocycles. The molecule has 2 aliphatic rings. The zero-order chi connectivity index (χ0) is 25.4. The van der Waals surface area contributed by atoms with Crippen LogP contribution in [0.1, 0.15) is 47.0 Å². The number of amides is 3. The highest BCUT2D eigenvalue weighted by Crippen LogP contribution is 2.30. The molecule has 3 aromatic rings. The van der Waals surface area contributed by atoms with Crippen LogP contribution in [0.2, 0.25) is 0 Å². The zero-order valence-electron chi connectivity index (χ0n) is 21.0. The average molecular weight is 486 g/mol. The van der Waals surface area contributed by atoms with Crippen molar-refractivity contribution in [2.45, 2.75) is 38.8 Å². The van der Waals surface area contributed by atoms with Gasteiger partial charge in [0.15, 0.2) is 5.76 Å². The van der Waals surface area contributed by atoms with Crippen LogP contribution >= 0.6 is 0 Å². The molecule has 0 saturated heterocycles. The molecule has 3 heterocycles. The number of rotatable bonds is 4. The first kappa shape index (κ1) is 23.9. The lowest BCUT2D eigenvalue weighted by atomic mass is 9.92. The van der Waals surface area contributed by atoms with Crippen molar-refractivity contribution in [3.8, 4) is 0 Å². The fourth-order valence-electron chi connectivity index (χ4n) is 5.13. The van der Waals surface area contributed by atoms with E-state index in [1.807, 2.05) is 48.2 Å². The van der Waals surface area contributed by atoms with E-state index in [0.29, 0.717) is 43.8 Å². The van der Waals surface area contributed by atoms with Crippen molar-refractivity contribution in [3.05, 3.63) is 77.1 Å². The Bertz CT molecular complexity index is 1370. The van der Waals surface area contributed by atoms with Crippen LogP contribution in [0.4, 0.5) is 0 Å². The number of carbonyl (C=O) groups excluding carboxylic acids is 3. The average Bonchev–Trinajstić information content (AvgIpc) is 3.34. The molecule has 0 saturated carbocycles. The highest BCUT2D eigenvalue weighted by atomic mass is 16.3. The molecule has 36 heavy (non-hydrogen) atoms. The summed E-state index contributed by atoms with van der Waals surface area (Å²) in [5.41, 5.74) is 4.96. The SMILES string of the molecule is CCC(=O)N1Cc2ccccc2C[C@H]1C(=O)N1CCC=C(c2ccc3oc(C(=O)N(C)C)cc3c2)C1. The molecule has 2 aliphatic heterocycles. The highest BCUT2D eigenvalue weighted by molar-refractivity contribution is 5.96. The van der Waals surface area contributed by atoms with Gasteiger partial charge < -0.3 is 19.1 Å². The van der Waals surface area contributed by atoms with E-state index in [1.165, 1.54) is 4.90 Å². The van der Waals surface area contributed by atoms with Crippen molar-refractivity contribution in [2.75, 3.05) is 27.2 Å². The van der Waals surface area contributed by atoms with Crippen LogP contribution in [-0.4, -0.2) is 65.6 Å². The van der Waals surface area contributed by atoms with E-state index in [1.54, 1.807) is 25.1 Å². The van der Waals surface area contributed by atoms with Crippen LogP contribution in [0.3, 0.4) is 0 Å². The Hall–Kier alpha value is -3.87. The molecule has 7 heteroatoms. The number of furan rings is 1. The fourth-order valence-corrected chi connectivity index (χ4v) is 5.13. The maximum absolute atomic E-state index is 13.8. The Morgan fingerprint density at radius 3 is 2.56 bits per heavy atom. The van der Waals surface area contributed by atoms with Crippen LogP contribution in [0.5, 0.6) is 0 Å². The van der Waals surface area contributed by atoms with Crippen molar-refractivity contribution in [3.63, 3.8) is 0 Å². The molecule has 0 radical (unpaired) electrons. The van der Waals surface area contributed by atoms with Crippen molar-refractivity contribution < 1.29 is 18.8 Å². The molecule has 0 bridgehead atoms. The van der Waals surface area contributed by atoms with Gasteiger partial charge in [0.25, 0.3) is 5.91 Å². The molecule has 5 rings (SSSR count). The van der Waals surface area contributed by atoms with E-state index in [-0.39, 0.29) is 17.7 Å². The lowest BCUT2D eigenvalue weighted by molar-refractivity contribution is -0.146. The largest absolute Gasteiger partial charge is 0.451 e. The Morgan fingerprint density at radius 2 is 1.81 bits per heavy atom. The molecule has 0 spiro atoms. The molecule has 0 fully saturated rings. The van der Waals surface area contributed by atoms with Crippen molar-refractivity contribution in [1.82, 2.24) is 14.7 Å². The minimum atomic E-state index is -0.484. The number of fused-ring (bicyclic) bond motifs is 2. The molecule has 0 N–H and O–H groups in total. The summed E-state index contributed by atoms with van der Waals surface area (Å²) in [4.78, 5) is 44.0. The van der Waals surface area contributed by atoms with Gasteiger partial charge in [0.1, 0.15) is 11.6 Å². The Labute approximate surface area is 211 Å². The van der Waals surface area contributed by atoms with E-state index < -0.39 is 6.04 Å². The highest BCUT2D eigenvalue weighted by Gasteiger charge is 2.36. The molecule has 3 amide bonds. The number of hydrogen-bond donors (Lipinski definition) is 0. The van der Waals surface area contributed by atoms with E-state index in [9.17, 15) is 14.4 Å². The maximum atomic E-state index is 13.8. The van der Waals surface area contributed by atoms with E-state index >= 15 is 0 Å². The summed E-state index contributed by atoms with van der Waals surface area (Å²) in [5, 5.41) is 0.852. The Balaban J connectivity index is 1.37. The number of hydrogen-bond acceptors (Lipinski definition) is 4. The molecule has 7 nitrogen and oxygen atoms in total. The standard InChI is InChI=1S/C29H31N3O4/c1-4-27(33)32-18-22-9-6-5-8-19(22)15-24(32)28(34)31-13-7-10-21(17-31)20-11-12-25-23(14-20)16-26(36-25)29(35)30(2)3/h5-6,8-12,14,16,24H,4,7,13,15,17-18H2,1-3H3/t24-/m0/s1. The third-order valence-electron chi connectivity index (χ3n) is 7.12. The van der Waals surface area contributed by atoms with Gasteiger partial charge in [0, 0.05) is 52.0 Å². The third kappa shape index (κ3) is 4.41. The topological polar surface area (TPSA) is 74.1 Å². The molecular formula is C29H31N3O4. The van der Waals surface area contributed by atoms with Gasteiger partial charge in [-0.15, -0.1) is 0 Å². The van der Waals surface area contributed by atoms with E-state index in [4.69, 9.17) is 4.42 Å². The second-order valence-corrected chi connectivity index (χ2v) is 9.70. The summed E-state index contributed by atoms with van der Waals surface area (Å²) in [6.45, 7) is 3.43. The first-order valence-corrected chi connectivity index (χ1v) is 12.5. The summed E-state index contributed by atoms with van der Waals surface area (Å²) in [5.74, 6) is 0.130. The van der Waals surface area contributed by atoms with Crippen molar-refractivity contribution >= 4 is 34.3 Å². The third-order valence-corrected chi connectivity index (χ3v) is 7.12. The van der Waals surface area contributed by atoms with Crippen LogP contribution in [0, 0.1) is 0 Å². The predicted octanol–water partition coefficient (Wildman–Crippen LogP) is 4.11. The van der Waals surface area contributed by atoms with E-state index in [0.717, 1.165) is 34.1 Å². The van der Waals surface area contributed by atoms with E-state index in [2.05, 4.69) is 12.1 Å². The summed E-state index contributed by atoms with van der Waals surface area (Å²) < 4.78 is 5.73. The van der Waals surface area contributed by atoms with Gasteiger partial charge in [-0.05, 0) is 46.9 Å². The first-order chi connectivity index (χ1) is 17.4. The van der Waals surface area contributed by atoms with Gasteiger partial charge >= 0.3 is 0 Å². The van der Waals surface area contributed by atoms with Crippen molar-refractivity contribution in [1.29, 1.82) is 0 Å². The van der Waals surface area contributed by atoms with Gasteiger partial charge in [0.2, 0.25) is 11.8 Å². The predicted molar refractivity (Wildman–Crippen MR) is 138 cm³/mol. The maximum Gasteiger partial charge on any atom is 0.289 e. The smallest absolute Gasteiger partial charge is 0.289 e. The molecular weight excluding hydrogens is 454 g/mol. The van der Waals surface area contributed by atoms with Gasteiger partial charge in [-0.1, -0.05) is 43.3 Å². The minimum Gasteiger partial charge on any atom is -0.451 e. The van der Waals surface area contributed by atoms with Gasteiger partial charge in [-0.3, -0.25) is 14.4 Å². The molecule has 2 aromatic carbocycles. The number of carbonyl (C=O) groups is 3. The van der Waals surface area contributed by atoms with Crippen LogP contribution < -0.4 is 0 Å². The van der Waals surface area contributed by atoms with Gasteiger partial charge in [-0.2, -0.15) is 0 Å². The number of nitrogens with zero attached hydrogens (tertiary/aromatic N) is 3. The zero-order valence-corrected chi connectivity index (χ0v) is 21.0. The quantitative estimate of drug-likeness (QED) is 0.557. The second kappa shape index (κ2) is 9.64. The summed E-state index contributed by atoms with van der Waals surface area (Å²) in [6.07, 6.45) is 3.84. The molecule has 0 aliphatic carbocycles. The summed E-state index contributed by atoms with van der Waals surface area (Å²) in [6, 6.07) is 15.2. The monoisotopic (exact) mass is 485 g/mol. The van der Waals surface area contributed by atoms with Crippen LogP contribution in [0.15, 0.2) is 59.0 Å². The normalized spacial score (nSPS) is 17.5. The molecule has 0 unspecified atom stereocenters. The first-order valence-electron chi connectivity index (χ1n) is 12.5. The Kier molecular flexibility index (Phi) is 6.39. The van der Waals surface area contributed by atoms with Gasteiger partial charge in [0.05, 0.1) is 0 Å². The number of benzene rings is 2.